The predicted molar refractivity (Wildman–Crippen MR) is 61.8 cm³/mol. The van der Waals surface area contributed by atoms with Crippen molar-refractivity contribution in [3.05, 3.63) is 11.7 Å². The second-order valence-electron chi connectivity index (χ2n) is 4.22. The molecule has 1 atom stereocenters. The normalized spacial score (nSPS) is 21.6. The molecule has 2 heterocycles. The number of nitrogens with zero attached hydrogens (tertiary/aromatic N) is 3. The Hall–Kier alpha value is -1.09. The Morgan fingerprint density at radius 2 is 2.32 bits per heavy atom. The van der Waals surface area contributed by atoms with Crippen LogP contribution >= 0.6 is 11.8 Å². The van der Waals surface area contributed by atoms with Crippen molar-refractivity contribution in [2.24, 2.45) is 0 Å². The van der Waals surface area contributed by atoms with Crippen LogP contribution < -0.4 is 0 Å². The molecular weight excluding hydrogens is 283 g/mol. The van der Waals surface area contributed by atoms with E-state index < -0.39 is 18.4 Å². The van der Waals surface area contributed by atoms with Gasteiger partial charge in [0.2, 0.25) is 11.7 Å². The average molecular weight is 295 g/mol. The van der Waals surface area contributed by atoms with Gasteiger partial charge in [0.15, 0.2) is 5.82 Å². The number of alkyl halides is 3. The Kier molecular flexibility index (Phi) is 4.14. The minimum Gasteiger partial charge on any atom is -0.339 e. The Morgan fingerprint density at radius 1 is 1.58 bits per heavy atom. The lowest BCUT2D eigenvalue weighted by atomic mass is 10.2. The molecule has 1 aliphatic heterocycles. The zero-order valence-electron chi connectivity index (χ0n) is 10.1. The molecule has 106 valence electrons. The first-order valence-corrected chi connectivity index (χ1v) is 6.74. The van der Waals surface area contributed by atoms with Gasteiger partial charge >= 0.3 is 6.18 Å². The third-order valence-electron chi connectivity index (χ3n) is 2.81. The summed E-state index contributed by atoms with van der Waals surface area (Å²) in [5.41, 5.74) is 0. The van der Waals surface area contributed by atoms with Gasteiger partial charge in [0.05, 0.1) is 12.5 Å². The second-order valence-corrected chi connectivity index (χ2v) is 5.37. The molecule has 9 heteroatoms. The summed E-state index contributed by atoms with van der Waals surface area (Å²) in [6.45, 7) is 0.848. The van der Waals surface area contributed by atoms with Gasteiger partial charge in [0.1, 0.15) is 0 Å². The molecule has 0 saturated carbocycles. The minimum atomic E-state index is -4.87. The van der Waals surface area contributed by atoms with E-state index in [9.17, 15) is 18.0 Å². The highest BCUT2D eigenvalue weighted by Gasteiger charge is 2.39. The van der Waals surface area contributed by atoms with Gasteiger partial charge in [-0.25, -0.2) is 0 Å². The maximum atomic E-state index is 12.1. The first-order valence-electron chi connectivity index (χ1n) is 5.58. The summed E-state index contributed by atoms with van der Waals surface area (Å²) in [5.74, 6) is -0.0949. The number of aromatic nitrogens is 2. The Labute approximate surface area is 111 Å². The summed E-state index contributed by atoms with van der Waals surface area (Å²) in [4.78, 5) is 16.7. The van der Waals surface area contributed by atoms with Gasteiger partial charge in [-0.05, 0) is 7.05 Å². The highest BCUT2D eigenvalue weighted by Crippen LogP contribution is 2.26. The van der Waals surface area contributed by atoms with Crippen molar-refractivity contribution in [2.75, 3.05) is 25.1 Å². The summed E-state index contributed by atoms with van der Waals surface area (Å²) >= 11 is 1.72. The van der Waals surface area contributed by atoms with Crippen molar-refractivity contribution in [3.8, 4) is 0 Å². The number of carbonyl (C=O) groups excluding carboxylic acids is 1. The van der Waals surface area contributed by atoms with E-state index in [0.29, 0.717) is 5.82 Å². The maximum Gasteiger partial charge on any atom is 0.450 e. The molecule has 1 aliphatic rings. The van der Waals surface area contributed by atoms with E-state index in [1.807, 2.05) is 11.9 Å². The van der Waals surface area contributed by atoms with Crippen molar-refractivity contribution in [3.63, 3.8) is 0 Å². The molecular formula is C10H12F3N3O2S. The van der Waals surface area contributed by atoms with Gasteiger partial charge < -0.3 is 4.52 Å². The maximum absolute atomic E-state index is 12.1. The molecule has 0 spiro atoms. The molecule has 1 unspecified atom stereocenters. The first-order chi connectivity index (χ1) is 8.88. The first kappa shape index (κ1) is 14.3. The molecule has 1 fully saturated rings. The van der Waals surface area contributed by atoms with E-state index in [1.165, 1.54) is 0 Å². The zero-order valence-corrected chi connectivity index (χ0v) is 10.9. The van der Waals surface area contributed by atoms with Crippen LogP contribution in [0.25, 0.3) is 0 Å². The summed E-state index contributed by atoms with van der Waals surface area (Å²) in [6, 6.07) is -0.0859. The van der Waals surface area contributed by atoms with Crippen LogP contribution in [0.1, 0.15) is 17.8 Å². The Balaban J connectivity index is 2.04. The number of Topliss-reactive ketones (excluding diaryl/α,β-unsaturated/α-hetero) is 1. The largest absolute Gasteiger partial charge is 0.450 e. The smallest absolute Gasteiger partial charge is 0.339 e. The van der Waals surface area contributed by atoms with Gasteiger partial charge in [-0.2, -0.15) is 29.9 Å². The van der Waals surface area contributed by atoms with Crippen LogP contribution in [-0.2, 0) is 11.2 Å². The van der Waals surface area contributed by atoms with Gasteiger partial charge in [0.25, 0.3) is 0 Å². The molecule has 2 rings (SSSR count). The Bertz CT molecular complexity index is 463. The molecule has 0 N–H and O–H groups in total. The van der Waals surface area contributed by atoms with Crippen LogP contribution in [-0.4, -0.2) is 52.1 Å². The molecule has 0 bridgehead atoms. The lowest BCUT2D eigenvalue weighted by Crippen LogP contribution is -2.33. The van der Waals surface area contributed by atoms with Crippen molar-refractivity contribution >= 4 is 17.5 Å². The fraction of sp³-hybridized carbons (Fsp3) is 0.700. The van der Waals surface area contributed by atoms with Gasteiger partial charge in [-0.15, -0.1) is 0 Å². The van der Waals surface area contributed by atoms with E-state index in [4.69, 9.17) is 4.52 Å². The monoisotopic (exact) mass is 295 g/mol. The summed E-state index contributed by atoms with van der Waals surface area (Å²) in [6.07, 6.45) is -5.77. The average Bonchev–Trinajstić information content (AvgIpc) is 2.76. The third-order valence-corrected chi connectivity index (χ3v) is 3.83. The SMILES string of the molecule is CN1CCSCC1c1noc(CC(=O)C(F)(F)F)n1. The number of rotatable bonds is 3. The van der Waals surface area contributed by atoms with E-state index in [-0.39, 0.29) is 11.9 Å². The van der Waals surface area contributed by atoms with E-state index in [2.05, 4.69) is 10.1 Å². The number of carbonyl (C=O) groups is 1. The molecule has 0 aromatic carbocycles. The number of halogens is 3. The highest BCUT2D eigenvalue weighted by atomic mass is 32.2. The molecule has 0 radical (unpaired) electrons. The van der Waals surface area contributed by atoms with Gasteiger partial charge in [-0.1, -0.05) is 5.16 Å². The fourth-order valence-electron chi connectivity index (χ4n) is 1.67. The lowest BCUT2D eigenvalue weighted by molar-refractivity contribution is -0.170. The lowest BCUT2D eigenvalue weighted by Gasteiger charge is -2.29. The third kappa shape index (κ3) is 3.47. The van der Waals surface area contributed by atoms with E-state index >= 15 is 0 Å². The van der Waals surface area contributed by atoms with E-state index in [1.54, 1.807) is 11.8 Å². The molecule has 19 heavy (non-hydrogen) atoms. The van der Waals surface area contributed by atoms with Gasteiger partial charge in [0, 0.05) is 18.1 Å². The highest BCUT2D eigenvalue weighted by molar-refractivity contribution is 7.99. The summed E-state index contributed by atoms with van der Waals surface area (Å²) in [7, 11) is 1.89. The Morgan fingerprint density at radius 3 is 2.95 bits per heavy atom. The zero-order chi connectivity index (χ0) is 14.0. The van der Waals surface area contributed by atoms with Crippen molar-refractivity contribution in [2.45, 2.75) is 18.6 Å². The predicted octanol–water partition coefficient (Wildman–Crippen LogP) is 1.46. The number of hydrogen-bond acceptors (Lipinski definition) is 6. The van der Waals surface area contributed by atoms with Gasteiger partial charge in [-0.3, -0.25) is 9.69 Å². The van der Waals surface area contributed by atoms with Crippen molar-refractivity contribution < 1.29 is 22.5 Å². The number of hydrogen-bond donors (Lipinski definition) is 0. The van der Waals surface area contributed by atoms with Crippen LogP contribution in [0, 0.1) is 0 Å². The molecule has 5 nitrogen and oxygen atoms in total. The number of thioether (sulfide) groups is 1. The molecule has 0 amide bonds. The van der Waals surface area contributed by atoms with Crippen LogP contribution in [0.15, 0.2) is 4.52 Å². The quantitative estimate of drug-likeness (QED) is 0.841. The standard InChI is InChI=1S/C10H12F3N3O2S/c1-16-2-3-19-5-6(16)9-14-8(18-15-9)4-7(17)10(11,12)13/h6H,2-5H2,1H3. The number of ketones is 1. The minimum absolute atomic E-state index is 0.0859. The van der Waals surface area contributed by atoms with Crippen molar-refractivity contribution in [1.82, 2.24) is 15.0 Å². The summed E-state index contributed by atoms with van der Waals surface area (Å²) in [5, 5.41) is 3.66. The van der Waals surface area contributed by atoms with Crippen LogP contribution in [0.4, 0.5) is 13.2 Å². The molecule has 1 saturated heterocycles. The van der Waals surface area contributed by atoms with Crippen LogP contribution in [0.5, 0.6) is 0 Å². The second kappa shape index (κ2) is 5.49. The van der Waals surface area contributed by atoms with E-state index in [0.717, 1.165) is 18.1 Å². The molecule has 1 aromatic rings. The van der Waals surface area contributed by atoms with Crippen LogP contribution in [0.2, 0.25) is 0 Å². The molecule has 1 aromatic heterocycles. The topological polar surface area (TPSA) is 59.2 Å². The fourth-order valence-corrected chi connectivity index (χ4v) is 2.88. The summed E-state index contributed by atoms with van der Waals surface area (Å²) < 4.78 is 41.0. The molecule has 0 aliphatic carbocycles. The van der Waals surface area contributed by atoms with Crippen molar-refractivity contribution in [1.29, 1.82) is 0 Å². The van der Waals surface area contributed by atoms with Crippen LogP contribution in [0.3, 0.4) is 0 Å².